The maximum atomic E-state index is 11.2. The van der Waals surface area contributed by atoms with Crippen molar-refractivity contribution in [1.29, 1.82) is 0 Å². The van der Waals surface area contributed by atoms with Crippen molar-refractivity contribution in [1.82, 2.24) is 10.4 Å². The summed E-state index contributed by atoms with van der Waals surface area (Å²) >= 11 is 3.32. The molecule has 0 aliphatic carbocycles. The Morgan fingerprint density at radius 2 is 2.40 bits per heavy atom. The molecule has 4 nitrogen and oxygen atoms in total. The van der Waals surface area contributed by atoms with Gasteiger partial charge in [-0.05, 0) is 18.1 Å². The highest BCUT2D eigenvalue weighted by Gasteiger charge is 2.02. The first-order valence-corrected chi connectivity index (χ1v) is 5.58. The van der Waals surface area contributed by atoms with Gasteiger partial charge in [0.15, 0.2) is 0 Å². The second-order valence-electron chi connectivity index (χ2n) is 2.86. The van der Waals surface area contributed by atoms with Gasteiger partial charge in [-0.25, -0.2) is 5.84 Å². The Balaban J connectivity index is 2.78. The molecular formula is C10H12BrN3O. The number of allylic oxidation sites excluding steroid dienone is 1. The molecule has 0 bridgehead atoms. The topological polar surface area (TPSA) is 68.0 Å². The van der Waals surface area contributed by atoms with E-state index in [1.165, 1.54) is 6.20 Å². The fraction of sp³-hybridized carbons (Fsp3) is 0.200. The Labute approximate surface area is 96.7 Å². The Morgan fingerprint density at radius 1 is 1.60 bits per heavy atom. The van der Waals surface area contributed by atoms with Crippen molar-refractivity contribution in [3.63, 3.8) is 0 Å². The Hall–Kier alpha value is -1.20. The first kappa shape index (κ1) is 11.9. The number of amides is 1. The van der Waals surface area contributed by atoms with Gasteiger partial charge < -0.3 is 0 Å². The molecule has 0 fully saturated rings. The van der Waals surface area contributed by atoms with Crippen molar-refractivity contribution in [2.45, 2.75) is 6.42 Å². The molecule has 1 amide bonds. The monoisotopic (exact) mass is 269 g/mol. The van der Waals surface area contributed by atoms with E-state index in [0.717, 1.165) is 17.3 Å². The number of carbonyl (C=O) groups is 1. The van der Waals surface area contributed by atoms with Gasteiger partial charge >= 0.3 is 0 Å². The lowest BCUT2D eigenvalue weighted by atomic mass is 10.2. The number of nitrogens with one attached hydrogen (secondary N) is 1. The van der Waals surface area contributed by atoms with Gasteiger partial charge in [-0.3, -0.25) is 15.2 Å². The van der Waals surface area contributed by atoms with Gasteiger partial charge in [-0.2, -0.15) is 0 Å². The lowest BCUT2D eigenvalue weighted by molar-refractivity contribution is 0.0953. The molecule has 0 atom stereocenters. The minimum Gasteiger partial charge on any atom is -0.290 e. The molecule has 0 saturated carbocycles. The van der Waals surface area contributed by atoms with Crippen molar-refractivity contribution >= 4 is 27.9 Å². The van der Waals surface area contributed by atoms with Crippen molar-refractivity contribution in [2.75, 3.05) is 5.33 Å². The third-order valence-corrected chi connectivity index (χ3v) is 2.20. The molecular weight excluding hydrogens is 258 g/mol. The van der Waals surface area contributed by atoms with Crippen LogP contribution in [0.15, 0.2) is 24.5 Å². The molecule has 1 aromatic heterocycles. The largest absolute Gasteiger partial charge is 0.290 e. The molecule has 5 heteroatoms. The Morgan fingerprint density at radius 3 is 3.07 bits per heavy atom. The number of pyridine rings is 1. The molecule has 1 heterocycles. The van der Waals surface area contributed by atoms with Crippen LogP contribution in [0.25, 0.3) is 6.08 Å². The fourth-order valence-electron chi connectivity index (χ4n) is 1.04. The number of nitrogen functional groups attached to an aromatic ring is 1. The van der Waals surface area contributed by atoms with E-state index in [1.54, 1.807) is 12.3 Å². The standard InChI is InChI=1S/C10H12BrN3O/c11-4-2-1-3-8-5-9(7-13-6-8)10(15)14-12/h1,3,5-7H,2,4,12H2,(H,14,15). The van der Waals surface area contributed by atoms with Crippen LogP contribution in [0, 0.1) is 0 Å². The van der Waals surface area contributed by atoms with Gasteiger partial charge in [0.25, 0.3) is 5.91 Å². The molecule has 0 saturated heterocycles. The van der Waals surface area contributed by atoms with Crippen molar-refractivity contribution in [3.05, 3.63) is 35.7 Å². The van der Waals surface area contributed by atoms with E-state index in [9.17, 15) is 4.79 Å². The van der Waals surface area contributed by atoms with Crippen LogP contribution < -0.4 is 11.3 Å². The molecule has 1 rings (SSSR count). The van der Waals surface area contributed by atoms with Crippen LogP contribution in [0.2, 0.25) is 0 Å². The maximum absolute atomic E-state index is 11.2. The number of nitrogens with zero attached hydrogens (tertiary/aromatic N) is 1. The molecule has 0 radical (unpaired) electrons. The highest BCUT2D eigenvalue weighted by Crippen LogP contribution is 2.05. The smallest absolute Gasteiger partial charge is 0.266 e. The van der Waals surface area contributed by atoms with Crippen LogP contribution >= 0.6 is 15.9 Å². The van der Waals surface area contributed by atoms with Crippen LogP contribution in [-0.2, 0) is 0 Å². The maximum Gasteiger partial charge on any atom is 0.266 e. The van der Waals surface area contributed by atoms with Crippen LogP contribution in [0.5, 0.6) is 0 Å². The highest BCUT2D eigenvalue weighted by atomic mass is 79.9. The molecule has 0 aliphatic rings. The predicted molar refractivity (Wildman–Crippen MR) is 63.3 cm³/mol. The zero-order valence-electron chi connectivity index (χ0n) is 8.11. The normalized spacial score (nSPS) is 10.5. The third kappa shape index (κ3) is 3.81. The van der Waals surface area contributed by atoms with Crippen molar-refractivity contribution in [2.24, 2.45) is 5.84 Å². The van der Waals surface area contributed by atoms with E-state index in [2.05, 4.69) is 26.3 Å². The summed E-state index contributed by atoms with van der Waals surface area (Å²) in [5.74, 6) is 4.69. The SMILES string of the molecule is NNC(=O)c1cncc(C=CCCBr)c1. The second-order valence-corrected chi connectivity index (χ2v) is 3.65. The van der Waals surface area contributed by atoms with Crippen LogP contribution in [0.4, 0.5) is 0 Å². The molecule has 0 aromatic carbocycles. The third-order valence-electron chi connectivity index (χ3n) is 1.74. The molecule has 0 spiro atoms. The molecule has 1 aromatic rings. The average molecular weight is 270 g/mol. The summed E-state index contributed by atoms with van der Waals surface area (Å²) in [6.45, 7) is 0. The molecule has 3 N–H and O–H groups in total. The van der Waals surface area contributed by atoms with Crippen LogP contribution in [-0.4, -0.2) is 16.2 Å². The number of hydrogen-bond acceptors (Lipinski definition) is 3. The number of rotatable bonds is 4. The zero-order valence-corrected chi connectivity index (χ0v) is 9.70. The number of nitrogens with two attached hydrogens (primary N) is 1. The number of hydrazine groups is 1. The summed E-state index contributed by atoms with van der Waals surface area (Å²) in [5.41, 5.74) is 3.41. The summed E-state index contributed by atoms with van der Waals surface area (Å²) in [7, 11) is 0. The van der Waals surface area contributed by atoms with Crippen molar-refractivity contribution < 1.29 is 4.79 Å². The fourth-order valence-corrected chi connectivity index (χ4v) is 1.30. The van der Waals surface area contributed by atoms with Crippen LogP contribution in [0.3, 0.4) is 0 Å². The van der Waals surface area contributed by atoms with Crippen molar-refractivity contribution in [3.8, 4) is 0 Å². The molecule has 15 heavy (non-hydrogen) atoms. The number of halogens is 1. The summed E-state index contributed by atoms with van der Waals surface area (Å²) in [6, 6.07) is 1.74. The summed E-state index contributed by atoms with van der Waals surface area (Å²) < 4.78 is 0. The first-order valence-electron chi connectivity index (χ1n) is 4.46. The minimum atomic E-state index is -0.335. The zero-order chi connectivity index (χ0) is 11.1. The number of alkyl halides is 1. The Kier molecular flexibility index (Phi) is 5.00. The van der Waals surface area contributed by atoms with E-state index < -0.39 is 0 Å². The molecule has 80 valence electrons. The van der Waals surface area contributed by atoms with E-state index >= 15 is 0 Å². The quantitative estimate of drug-likeness (QED) is 0.377. The van der Waals surface area contributed by atoms with Gasteiger partial charge in [-0.1, -0.05) is 28.1 Å². The lowest BCUT2D eigenvalue weighted by Crippen LogP contribution is -2.30. The molecule has 0 unspecified atom stereocenters. The van der Waals surface area contributed by atoms with E-state index in [1.807, 2.05) is 12.2 Å². The van der Waals surface area contributed by atoms with E-state index in [4.69, 9.17) is 5.84 Å². The van der Waals surface area contributed by atoms with Crippen LogP contribution in [0.1, 0.15) is 22.3 Å². The van der Waals surface area contributed by atoms with Gasteiger partial charge in [-0.15, -0.1) is 0 Å². The van der Waals surface area contributed by atoms with E-state index in [0.29, 0.717) is 5.56 Å². The number of aromatic nitrogens is 1. The van der Waals surface area contributed by atoms with Gasteiger partial charge in [0.2, 0.25) is 0 Å². The predicted octanol–water partition coefficient (Wildman–Crippen LogP) is 1.48. The number of hydrogen-bond donors (Lipinski definition) is 2. The lowest BCUT2D eigenvalue weighted by Gasteiger charge is -1.99. The number of carbonyl (C=O) groups excluding carboxylic acids is 1. The minimum absolute atomic E-state index is 0.335. The highest BCUT2D eigenvalue weighted by molar-refractivity contribution is 9.09. The summed E-state index contributed by atoms with van der Waals surface area (Å²) in [5, 5.41) is 0.917. The summed E-state index contributed by atoms with van der Waals surface area (Å²) in [4.78, 5) is 15.1. The molecule has 0 aliphatic heterocycles. The first-order chi connectivity index (χ1) is 7.27. The average Bonchev–Trinajstić information content (AvgIpc) is 2.29. The van der Waals surface area contributed by atoms with Gasteiger partial charge in [0.05, 0.1) is 5.56 Å². The van der Waals surface area contributed by atoms with Gasteiger partial charge in [0, 0.05) is 17.7 Å². The summed E-state index contributed by atoms with van der Waals surface area (Å²) in [6.07, 6.45) is 8.03. The van der Waals surface area contributed by atoms with E-state index in [-0.39, 0.29) is 5.91 Å². The van der Waals surface area contributed by atoms with Gasteiger partial charge in [0.1, 0.15) is 0 Å². The Bertz CT molecular complexity index is 365. The second kappa shape index (κ2) is 6.31.